The molecule has 1 saturated heterocycles. The maximum absolute atomic E-state index is 12.8. The minimum Gasteiger partial charge on any atom is -0.503 e. The SMILES string of the molecule is CC(C)(C)OC(=O)N1CCN(Cc2ccn(S(=O)(=O)c3ccccc3Cl)c(=O)c2O)CC1. The third-order valence-electron chi connectivity index (χ3n) is 4.91. The van der Waals surface area contributed by atoms with Crippen LogP contribution in [0.3, 0.4) is 0 Å². The zero-order valence-electron chi connectivity index (χ0n) is 18.1. The molecule has 0 atom stereocenters. The lowest BCUT2D eigenvalue weighted by Crippen LogP contribution is -2.49. The van der Waals surface area contributed by atoms with Gasteiger partial charge in [-0.2, -0.15) is 0 Å². The lowest BCUT2D eigenvalue weighted by Gasteiger charge is -2.35. The minimum atomic E-state index is -4.26. The van der Waals surface area contributed by atoms with Crippen molar-refractivity contribution in [1.82, 2.24) is 13.8 Å². The first-order valence-corrected chi connectivity index (χ1v) is 11.9. The van der Waals surface area contributed by atoms with Crippen LogP contribution in [0.25, 0.3) is 0 Å². The van der Waals surface area contributed by atoms with E-state index in [-0.39, 0.29) is 22.6 Å². The number of aromatic hydroxyl groups is 1. The molecule has 1 amide bonds. The van der Waals surface area contributed by atoms with Gasteiger partial charge in [0.15, 0.2) is 5.75 Å². The molecule has 174 valence electrons. The number of benzene rings is 1. The van der Waals surface area contributed by atoms with E-state index < -0.39 is 26.9 Å². The van der Waals surface area contributed by atoms with Crippen LogP contribution < -0.4 is 5.56 Å². The summed E-state index contributed by atoms with van der Waals surface area (Å²) in [5.74, 6) is -0.641. The Morgan fingerprint density at radius 2 is 1.75 bits per heavy atom. The van der Waals surface area contributed by atoms with Crippen LogP contribution in [0.2, 0.25) is 5.02 Å². The van der Waals surface area contributed by atoms with E-state index in [0.717, 1.165) is 6.20 Å². The van der Waals surface area contributed by atoms with E-state index in [9.17, 15) is 23.1 Å². The number of amides is 1. The Morgan fingerprint density at radius 3 is 2.34 bits per heavy atom. The van der Waals surface area contributed by atoms with Crippen molar-refractivity contribution >= 4 is 27.7 Å². The second-order valence-corrected chi connectivity index (χ2v) is 10.7. The molecule has 1 aromatic heterocycles. The Balaban J connectivity index is 1.73. The molecule has 0 aliphatic carbocycles. The van der Waals surface area contributed by atoms with E-state index in [1.165, 1.54) is 24.3 Å². The fourth-order valence-electron chi connectivity index (χ4n) is 3.28. The number of hydrogen-bond acceptors (Lipinski definition) is 7. The summed E-state index contributed by atoms with van der Waals surface area (Å²) in [7, 11) is -4.26. The van der Waals surface area contributed by atoms with Gasteiger partial charge in [0.2, 0.25) is 0 Å². The molecule has 0 saturated carbocycles. The summed E-state index contributed by atoms with van der Waals surface area (Å²) in [5.41, 5.74) is -1.32. The number of nitrogens with zero attached hydrogens (tertiary/aromatic N) is 3. The molecule has 1 N–H and O–H groups in total. The van der Waals surface area contributed by atoms with Crippen molar-refractivity contribution in [2.45, 2.75) is 37.8 Å². The number of carbonyl (C=O) groups is 1. The Morgan fingerprint density at radius 1 is 1.12 bits per heavy atom. The van der Waals surface area contributed by atoms with Crippen molar-refractivity contribution in [3.63, 3.8) is 0 Å². The predicted molar refractivity (Wildman–Crippen MR) is 119 cm³/mol. The molecule has 1 fully saturated rings. The van der Waals surface area contributed by atoms with Gasteiger partial charge in [-0.05, 0) is 39.0 Å². The van der Waals surface area contributed by atoms with Crippen LogP contribution in [0, 0.1) is 0 Å². The Bertz CT molecular complexity index is 1160. The van der Waals surface area contributed by atoms with E-state index in [0.29, 0.717) is 35.7 Å². The second kappa shape index (κ2) is 9.13. The number of pyridine rings is 1. The molecule has 0 spiro atoms. The third-order valence-corrected chi connectivity index (χ3v) is 7.07. The highest BCUT2D eigenvalue weighted by Crippen LogP contribution is 2.24. The number of ether oxygens (including phenoxy) is 1. The zero-order chi connectivity index (χ0) is 23.7. The Hall–Kier alpha value is -2.56. The van der Waals surface area contributed by atoms with Crippen molar-refractivity contribution in [3.05, 3.63) is 57.5 Å². The highest BCUT2D eigenvalue weighted by molar-refractivity contribution is 7.90. The largest absolute Gasteiger partial charge is 0.503 e. The summed E-state index contributed by atoms with van der Waals surface area (Å²) < 4.78 is 31.5. The summed E-state index contributed by atoms with van der Waals surface area (Å²) in [5, 5.41) is 10.4. The number of piperazine rings is 1. The quantitative estimate of drug-likeness (QED) is 0.711. The van der Waals surface area contributed by atoms with Crippen molar-refractivity contribution in [3.8, 4) is 5.75 Å². The summed E-state index contributed by atoms with van der Waals surface area (Å²) in [6, 6.07) is 7.16. The molecule has 2 aromatic rings. The molecule has 9 nitrogen and oxygen atoms in total. The maximum atomic E-state index is 12.8. The maximum Gasteiger partial charge on any atom is 0.410 e. The fourth-order valence-corrected chi connectivity index (χ4v) is 5.01. The summed E-state index contributed by atoms with van der Waals surface area (Å²) in [6.45, 7) is 7.55. The van der Waals surface area contributed by atoms with Gasteiger partial charge in [-0.15, -0.1) is 0 Å². The van der Waals surface area contributed by atoms with Gasteiger partial charge in [0, 0.05) is 44.5 Å². The number of hydrogen-bond donors (Lipinski definition) is 1. The first-order valence-electron chi connectivity index (χ1n) is 10.0. The fraction of sp³-hybridized carbons (Fsp3) is 0.429. The monoisotopic (exact) mass is 483 g/mol. The van der Waals surface area contributed by atoms with Gasteiger partial charge in [-0.3, -0.25) is 9.69 Å². The van der Waals surface area contributed by atoms with Gasteiger partial charge in [-0.25, -0.2) is 17.2 Å². The van der Waals surface area contributed by atoms with Gasteiger partial charge in [0.05, 0.1) is 5.02 Å². The molecule has 11 heteroatoms. The van der Waals surface area contributed by atoms with Gasteiger partial charge in [0.1, 0.15) is 10.5 Å². The van der Waals surface area contributed by atoms with E-state index in [1.54, 1.807) is 31.7 Å². The average Bonchev–Trinajstić information content (AvgIpc) is 2.71. The van der Waals surface area contributed by atoms with E-state index in [1.807, 2.05) is 4.90 Å². The smallest absolute Gasteiger partial charge is 0.410 e. The van der Waals surface area contributed by atoms with Crippen LogP contribution >= 0.6 is 11.6 Å². The Kier molecular flexibility index (Phi) is 6.87. The number of carbonyl (C=O) groups excluding carboxylic acids is 1. The molecule has 3 rings (SSSR count). The molecule has 2 heterocycles. The minimum absolute atomic E-state index is 0.0224. The molecule has 32 heavy (non-hydrogen) atoms. The number of aromatic nitrogens is 1. The van der Waals surface area contributed by atoms with Crippen LogP contribution in [0.1, 0.15) is 26.3 Å². The van der Waals surface area contributed by atoms with Crippen LogP contribution in [0.5, 0.6) is 5.75 Å². The topological polar surface area (TPSA) is 109 Å². The number of halogens is 1. The third kappa shape index (κ3) is 5.25. The average molecular weight is 484 g/mol. The van der Waals surface area contributed by atoms with Crippen molar-refractivity contribution in [2.75, 3.05) is 26.2 Å². The summed E-state index contributed by atoms with van der Waals surface area (Å²) in [6.07, 6.45) is 0.736. The lowest BCUT2D eigenvalue weighted by atomic mass is 10.2. The predicted octanol–water partition coefficient (Wildman–Crippen LogP) is 2.50. The van der Waals surface area contributed by atoms with Gasteiger partial charge in [-0.1, -0.05) is 23.7 Å². The molecular formula is C21H26ClN3O6S. The Labute approximate surface area is 191 Å². The van der Waals surface area contributed by atoms with Crippen LogP contribution in [0.4, 0.5) is 4.79 Å². The van der Waals surface area contributed by atoms with Gasteiger partial charge < -0.3 is 14.7 Å². The van der Waals surface area contributed by atoms with Gasteiger partial charge >= 0.3 is 11.7 Å². The van der Waals surface area contributed by atoms with Crippen molar-refractivity contribution in [2.24, 2.45) is 0 Å². The molecule has 1 aliphatic rings. The second-order valence-electron chi connectivity index (χ2n) is 8.47. The van der Waals surface area contributed by atoms with E-state index >= 15 is 0 Å². The van der Waals surface area contributed by atoms with Crippen molar-refractivity contribution < 1.29 is 23.1 Å². The summed E-state index contributed by atoms with van der Waals surface area (Å²) in [4.78, 5) is 28.2. The van der Waals surface area contributed by atoms with Crippen molar-refractivity contribution in [1.29, 1.82) is 0 Å². The summed E-state index contributed by atoms with van der Waals surface area (Å²) >= 11 is 5.98. The van der Waals surface area contributed by atoms with Crippen LogP contribution in [-0.4, -0.2) is 65.2 Å². The lowest BCUT2D eigenvalue weighted by molar-refractivity contribution is 0.0138. The molecule has 0 radical (unpaired) electrons. The standard InChI is InChI=1S/C21H26ClN3O6S/c1-21(2,3)31-20(28)24-12-10-23(11-13-24)14-15-8-9-25(19(27)18(15)26)32(29,30)17-7-5-4-6-16(17)22/h4-9,26H,10-14H2,1-3H3. The first-order chi connectivity index (χ1) is 14.9. The normalized spacial score (nSPS) is 15.6. The molecule has 1 aliphatic heterocycles. The molecule has 0 bridgehead atoms. The van der Waals surface area contributed by atoms with Gasteiger partial charge in [0.25, 0.3) is 10.0 Å². The zero-order valence-corrected chi connectivity index (χ0v) is 19.7. The highest BCUT2D eigenvalue weighted by Gasteiger charge is 2.27. The molecule has 0 unspecified atom stereocenters. The number of rotatable bonds is 4. The van der Waals surface area contributed by atoms with Crippen LogP contribution in [0.15, 0.2) is 46.2 Å². The highest BCUT2D eigenvalue weighted by atomic mass is 35.5. The van der Waals surface area contributed by atoms with E-state index in [2.05, 4.69) is 0 Å². The van der Waals surface area contributed by atoms with E-state index in [4.69, 9.17) is 16.3 Å². The van der Waals surface area contributed by atoms with Crippen LogP contribution in [-0.2, 0) is 21.3 Å². The molecule has 1 aromatic carbocycles. The first kappa shape index (κ1) is 24.1. The molecular weight excluding hydrogens is 458 g/mol.